The minimum atomic E-state index is -4.44. The minimum absolute atomic E-state index is 0.00620. The van der Waals surface area contributed by atoms with E-state index in [0.717, 1.165) is 6.07 Å². The summed E-state index contributed by atoms with van der Waals surface area (Å²) in [6.45, 7) is 0. The van der Waals surface area contributed by atoms with Crippen molar-refractivity contribution >= 4 is 5.69 Å². The van der Waals surface area contributed by atoms with E-state index in [1.54, 1.807) is 0 Å². The topological polar surface area (TPSA) is 48.1 Å². The van der Waals surface area contributed by atoms with Crippen molar-refractivity contribution in [1.29, 1.82) is 0 Å². The molecule has 2 N–H and O–H groups in total. The Hall–Kier alpha value is -2.24. The number of halogens is 3. The normalized spacial score (nSPS) is 11.4. The number of aromatic nitrogens is 1. The first-order chi connectivity index (χ1) is 8.93. The lowest BCUT2D eigenvalue weighted by molar-refractivity contribution is -0.137. The smallest absolute Gasteiger partial charge is 0.417 e. The van der Waals surface area contributed by atoms with Crippen LogP contribution in [0.4, 0.5) is 18.9 Å². The standard InChI is InChI=1S/C13H11F3N2O/c1-19-12-10(17)6-7-11(18-12)8-4-2-3-5-9(8)13(14,15)16/h2-7H,17H2,1H3. The summed E-state index contributed by atoms with van der Waals surface area (Å²) >= 11 is 0. The summed E-state index contributed by atoms with van der Waals surface area (Å²) in [5.74, 6) is 0.106. The maximum Gasteiger partial charge on any atom is 0.417 e. The van der Waals surface area contributed by atoms with Crippen LogP contribution in [0.2, 0.25) is 0 Å². The molecule has 2 aromatic rings. The summed E-state index contributed by atoms with van der Waals surface area (Å²) < 4.78 is 43.7. The lowest BCUT2D eigenvalue weighted by Crippen LogP contribution is -2.07. The van der Waals surface area contributed by atoms with Crippen molar-refractivity contribution in [2.75, 3.05) is 12.8 Å². The molecule has 0 fully saturated rings. The first kappa shape index (κ1) is 13.2. The molecule has 0 atom stereocenters. The van der Waals surface area contributed by atoms with Gasteiger partial charge in [-0.05, 0) is 18.2 Å². The summed E-state index contributed by atoms with van der Waals surface area (Å²) in [5.41, 5.74) is 5.28. The number of anilines is 1. The molecule has 1 heterocycles. The van der Waals surface area contributed by atoms with Gasteiger partial charge in [0.2, 0.25) is 5.88 Å². The highest BCUT2D eigenvalue weighted by molar-refractivity contribution is 5.67. The molecule has 1 aromatic carbocycles. The van der Waals surface area contributed by atoms with Crippen LogP contribution in [0.3, 0.4) is 0 Å². The summed E-state index contributed by atoms with van der Waals surface area (Å²) in [5, 5.41) is 0. The van der Waals surface area contributed by atoms with Gasteiger partial charge in [-0.3, -0.25) is 0 Å². The molecule has 0 spiro atoms. The second-order valence-electron chi connectivity index (χ2n) is 3.84. The van der Waals surface area contributed by atoms with Crippen molar-refractivity contribution < 1.29 is 17.9 Å². The fourth-order valence-corrected chi connectivity index (χ4v) is 1.72. The van der Waals surface area contributed by atoms with Crippen LogP contribution in [0.15, 0.2) is 36.4 Å². The van der Waals surface area contributed by atoms with E-state index in [1.807, 2.05) is 0 Å². The highest BCUT2D eigenvalue weighted by atomic mass is 19.4. The van der Waals surface area contributed by atoms with Crippen molar-refractivity contribution in [3.05, 3.63) is 42.0 Å². The molecular weight excluding hydrogens is 257 g/mol. The van der Waals surface area contributed by atoms with E-state index < -0.39 is 11.7 Å². The van der Waals surface area contributed by atoms with Crippen molar-refractivity contribution in [2.24, 2.45) is 0 Å². The number of benzene rings is 1. The fraction of sp³-hybridized carbons (Fsp3) is 0.154. The number of hydrogen-bond donors (Lipinski definition) is 1. The highest BCUT2D eigenvalue weighted by Crippen LogP contribution is 2.37. The number of nitrogens with zero attached hydrogens (tertiary/aromatic N) is 1. The first-order valence-electron chi connectivity index (χ1n) is 5.40. The van der Waals surface area contributed by atoms with Gasteiger partial charge in [-0.25, -0.2) is 4.98 Å². The predicted octanol–water partition coefficient (Wildman–Crippen LogP) is 3.36. The largest absolute Gasteiger partial charge is 0.480 e. The maximum absolute atomic E-state index is 12.9. The molecule has 0 saturated heterocycles. The third-order valence-corrected chi connectivity index (χ3v) is 2.59. The van der Waals surface area contributed by atoms with Gasteiger partial charge in [0.15, 0.2) is 0 Å². The van der Waals surface area contributed by atoms with Crippen LogP contribution < -0.4 is 10.5 Å². The number of alkyl halides is 3. The Balaban J connectivity index is 2.59. The van der Waals surface area contributed by atoms with Gasteiger partial charge in [-0.2, -0.15) is 13.2 Å². The van der Waals surface area contributed by atoms with E-state index in [9.17, 15) is 13.2 Å². The molecule has 1 aromatic heterocycles. The van der Waals surface area contributed by atoms with Gasteiger partial charge in [-0.15, -0.1) is 0 Å². The molecular formula is C13H11F3N2O. The summed E-state index contributed by atoms with van der Waals surface area (Å²) in [7, 11) is 1.36. The molecule has 0 aliphatic rings. The van der Waals surface area contributed by atoms with Gasteiger partial charge in [0.1, 0.15) is 0 Å². The lowest BCUT2D eigenvalue weighted by Gasteiger charge is -2.13. The SMILES string of the molecule is COc1nc(-c2ccccc2C(F)(F)F)ccc1N. The summed E-state index contributed by atoms with van der Waals surface area (Å²) in [6.07, 6.45) is -4.44. The molecule has 100 valence electrons. The molecule has 0 aliphatic carbocycles. The van der Waals surface area contributed by atoms with Gasteiger partial charge in [0, 0.05) is 5.56 Å². The van der Waals surface area contributed by atoms with Crippen LogP contribution in [-0.2, 0) is 6.18 Å². The zero-order valence-corrected chi connectivity index (χ0v) is 10.0. The Morgan fingerprint density at radius 3 is 2.42 bits per heavy atom. The van der Waals surface area contributed by atoms with Crippen LogP contribution >= 0.6 is 0 Å². The van der Waals surface area contributed by atoms with E-state index in [4.69, 9.17) is 10.5 Å². The Labute approximate surface area is 107 Å². The molecule has 0 radical (unpaired) electrons. The highest BCUT2D eigenvalue weighted by Gasteiger charge is 2.33. The Morgan fingerprint density at radius 1 is 1.11 bits per heavy atom. The van der Waals surface area contributed by atoms with E-state index in [-0.39, 0.29) is 22.8 Å². The number of pyridine rings is 1. The number of ether oxygens (including phenoxy) is 1. The van der Waals surface area contributed by atoms with Crippen LogP contribution in [0.5, 0.6) is 5.88 Å². The van der Waals surface area contributed by atoms with Crippen LogP contribution in [0.25, 0.3) is 11.3 Å². The number of nitrogens with two attached hydrogens (primary N) is 1. The fourth-order valence-electron chi connectivity index (χ4n) is 1.72. The van der Waals surface area contributed by atoms with Crippen LogP contribution in [0, 0.1) is 0 Å². The summed E-state index contributed by atoms with van der Waals surface area (Å²) in [4.78, 5) is 3.99. The van der Waals surface area contributed by atoms with Gasteiger partial charge in [0.25, 0.3) is 0 Å². The van der Waals surface area contributed by atoms with E-state index in [1.165, 1.54) is 37.4 Å². The third kappa shape index (κ3) is 2.62. The van der Waals surface area contributed by atoms with Gasteiger partial charge in [-0.1, -0.05) is 18.2 Å². The monoisotopic (exact) mass is 268 g/mol. The van der Waals surface area contributed by atoms with E-state index in [0.29, 0.717) is 0 Å². The average Bonchev–Trinajstić information content (AvgIpc) is 2.38. The van der Waals surface area contributed by atoms with Crippen LogP contribution in [0.1, 0.15) is 5.56 Å². The summed E-state index contributed by atoms with van der Waals surface area (Å²) in [6, 6.07) is 8.13. The van der Waals surface area contributed by atoms with Crippen molar-refractivity contribution in [2.45, 2.75) is 6.18 Å². The maximum atomic E-state index is 12.9. The third-order valence-electron chi connectivity index (χ3n) is 2.59. The Kier molecular flexibility index (Phi) is 3.33. The van der Waals surface area contributed by atoms with Crippen molar-refractivity contribution in [3.8, 4) is 17.1 Å². The lowest BCUT2D eigenvalue weighted by atomic mass is 10.0. The molecule has 0 unspecified atom stereocenters. The Morgan fingerprint density at radius 2 is 1.79 bits per heavy atom. The number of nitrogen functional groups attached to an aromatic ring is 1. The molecule has 0 aliphatic heterocycles. The average molecular weight is 268 g/mol. The minimum Gasteiger partial charge on any atom is -0.480 e. The number of hydrogen-bond acceptors (Lipinski definition) is 3. The molecule has 0 bridgehead atoms. The van der Waals surface area contributed by atoms with Gasteiger partial charge >= 0.3 is 6.18 Å². The second kappa shape index (κ2) is 4.79. The molecule has 2 rings (SSSR count). The second-order valence-corrected chi connectivity index (χ2v) is 3.84. The van der Waals surface area contributed by atoms with E-state index in [2.05, 4.69) is 4.98 Å². The quantitative estimate of drug-likeness (QED) is 0.908. The molecule has 0 saturated carbocycles. The molecule has 19 heavy (non-hydrogen) atoms. The van der Waals surface area contributed by atoms with Crippen LogP contribution in [-0.4, -0.2) is 12.1 Å². The number of methoxy groups -OCH3 is 1. The molecule has 0 amide bonds. The van der Waals surface area contributed by atoms with Gasteiger partial charge < -0.3 is 10.5 Å². The zero-order valence-electron chi connectivity index (χ0n) is 10.0. The first-order valence-corrected chi connectivity index (χ1v) is 5.40. The zero-order chi connectivity index (χ0) is 14.0. The predicted molar refractivity (Wildman–Crippen MR) is 65.6 cm³/mol. The van der Waals surface area contributed by atoms with E-state index >= 15 is 0 Å². The van der Waals surface area contributed by atoms with Crippen molar-refractivity contribution in [1.82, 2.24) is 4.98 Å². The van der Waals surface area contributed by atoms with Crippen molar-refractivity contribution in [3.63, 3.8) is 0 Å². The molecule has 6 heteroatoms. The Bertz CT molecular complexity index is 597. The van der Waals surface area contributed by atoms with Gasteiger partial charge in [0.05, 0.1) is 24.1 Å². The number of rotatable bonds is 2. The molecule has 3 nitrogen and oxygen atoms in total.